The highest BCUT2D eigenvalue weighted by molar-refractivity contribution is 6.27. The third kappa shape index (κ3) is 14.8. The van der Waals surface area contributed by atoms with Gasteiger partial charge in [0.25, 0.3) is 0 Å². The second-order valence-corrected chi connectivity index (χ2v) is 38.3. The molecule has 0 bridgehead atoms. The van der Waals surface area contributed by atoms with Crippen LogP contribution in [0.5, 0.6) is 0 Å². The molecule has 12 heteroatoms. The van der Waals surface area contributed by atoms with Crippen LogP contribution in [0.25, 0.3) is 233 Å². The van der Waals surface area contributed by atoms with Crippen LogP contribution in [0.15, 0.2) is 413 Å². The van der Waals surface area contributed by atoms with E-state index in [2.05, 4.69) is 497 Å². The first-order valence-corrected chi connectivity index (χ1v) is 48.7. The van der Waals surface area contributed by atoms with Gasteiger partial charge in [-0.25, -0.2) is 29.9 Å². The van der Waals surface area contributed by atoms with E-state index in [1.165, 1.54) is 137 Å². The summed E-state index contributed by atoms with van der Waals surface area (Å²) in [4.78, 5) is 32.2. The largest absolute Gasteiger partial charge is 0.307 e. The van der Waals surface area contributed by atoms with Crippen molar-refractivity contribution in [3.05, 3.63) is 468 Å². The van der Waals surface area contributed by atoms with Crippen molar-refractivity contribution in [2.24, 2.45) is 0 Å². The van der Waals surface area contributed by atoms with Crippen LogP contribution in [0.1, 0.15) is 55.6 Å². The van der Waals surface area contributed by atoms with E-state index in [9.17, 15) is 0 Å². The summed E-state index contributed by atoms with van der Waals surface area (Å²) < 4.78 is 14.1. The van der Waals surface area contributed by atoms with E-state index >= 15 is 0 Å². The van der Waals surface area contributed by atoms with Crippen molar-refractivity contribution < 1.29 is 0 Å². The monoisotopic (exact) mass is 1830 g/mol. The molecule has 0 aliphatic carbocycles. The number of nitrogens with zero attached hydrogens (tertiary/aromatic N) is 12. The summed E-state index contributed by atoms with van der Waals surface area (Å²) in [5, 5.41) is 14.3. The maximum Gasteiger partial charge on any atom is 0.235 e. The van der Waals surface area contributed by atoms with Crippen LogP contribution in [0.4, 0.5) is 0 Å². The number of hydrogen-bond acceptors (Lipinski definition) is 6. The van der Waals surface area contributed by atoms with Gasteiger partial charge in [0, 0.05) is 115 Å². The predicted molar refractivity (Wildman–Crippen MR) is 592 cm³/mol. The van der Waals surface area contributed by atoms with Gasteiger partial charge in [0.2, 0.25) is 17.8 Å². The molecule has 0 aliphatic rings. The van der Waals surface area contributed by atoms with Crippen LogP contribution < -0.4 is 0 Å². The fourth-order valence-corrected chi connectivity index (χ4v) is 22.2. The maximum absolute atomic E-state index is 5.40. The van der Waals surface area contributed by atoms with Crippen molar-refractivity contribution in [3.63, 3.8) is 0 Å². The van der Waals surface area contributed by atoms with Gasteiger partial charge in [0.15, 0.2) is 0 Å². The molecule has 142 heavy (non-hydrogen) atoms. The summed E-state index contributed by atoms with van der Waals surface area (Å²) in [7, 11) is 0. The number of para-hydroxylation sites is 7. The van der Waals surface area contributed by atoms with Gasteiger partial charge in [-0.2, -0.15) is 0 Å². The standard InChI is InChI=1S/2C44H34N4.C42H30N4/c2*1-27-20-28(2)23-31(22-27)38-26-39(32-24-29(3)21-30(4)25-32)46-44(45-38)48-41-17-11-9-15-35(41)37-19-18-36-34-14-8-10-16-40(34)47(42(36)43(37)48)33-12-6-5-7-13-33;1-27-18-22-38-34(24-27)32-20-21-33-35-25-28(2)19-23-39(35)46(41(33)40(32)45(38)31-16-10-5-11-17-31)42-43-36(29-12-6-3-7-13-29)26-37(44-42)30-14-8-4-9-15-30/h2*5-26H,1-4H3;3-26H,1-2H3. The Morgan fingerprint density at radius 2 is 0.331 bits per heavy atom. The van der Waals surface area contributed by atoms with Gasteiger partial charge in [0.05, 0.1) is 100 Å². The van der Waals surface area contributed by atoms with Crippen LogP contribution >= 0.6 is 0 Å². The summed E-state index contributed by atoms with van der Waals surface area (Å²) in [6, 6.07) is 148. The molecule has 0 N–H and O–H groups in total. The minimum absolute atomic E-state index is 0.651. The molecule has 0 amide bonds. The lowest BCUT2D eigenvalue weighted by atomic mass is 10.0. The quantitative estimate of drug-likeness (QED) is 0.121. The number of benzene rings is 18. The fraction of sp³-hybridized carbons (Fsp3) is 0.0769. The molecular formula is C130H98N12. The zero-order valence-electron chi connectivity index (χ0n) is 80.6. The predicted octanol–water partition coefficient (Wildman–Crippen LogP) is 33.1. The first kappa shape index (κ1) is 85.6. The molecule has 9 aromatic heterocycles. The molecule has 0 saturated carbocycles. The summed E-state index contributed by atoms with van der Waals surface area (Å²) >= 11 is 0. The van der Waals surface area contributed by atoms with Gasteiger partial charge in [-0.3, -0.25) is 13.7 Å². The fourth-order valence-electron chi connectivity index (χ4n) is 22.2. The van der Waals surface area contributed by atoms with Crippen molar-refractivity contribution in [1.82, 2.24) is 57.3 Å². The highest BCUT2D eigenvalue weighted by Crippen LogP contribution is 2.48. The SMILES string of the molecule is Cc1cc(C)cc(-c2cc(-c3cc(C)cc(C)c3)nc(-n3c4ccccc4c4ccc5c6ccccc6n(-c6ccccc6)c5c43)n2)c1.Cc1cc(C)cc(-c2cc(-c3cc(C)cc(C)c3)nc(-n3c4ccccc4c4ccc5c6ccccc6n(-c6ccccc6)c5c43)n2)c1.Cc1ccc2c(c1)c1ccc3c4cc(C)ccc4n(-c4nc(-c5ccccc5)cc(-c5ccccc5)n4)c3c1n2-c1ccccc1. The highest BCUT2D eigenvalue weighted by Gasteiger charge is 2.29. The molecule has 27 rings (SSSR count). The van der Waals surface area contributed by atoms with Crippen molar-refractivity contribution >= 4 is 131 Å². The molecule has 18 aromatic carbocycles. The zero-order chi connectivity index (χ0) is 95.8. The molecule has 0 unspecified atom stereocenters. The summed E-state index contributed by atoms with van der Waals surface area (Å²) in [5.41, 5.74) is 40.8. The maximum atomic E-state index is 5.40. The number of fused-ring (bicyclic) bond motifs is 21. The Morgan fingerprint density at radius 3 is 0.592 bits per heavy atom. The van der Waals surface area contributed by atoms with Crippen LogP contribution in [0.3, 0.4) is 0 Å². The molecule has 0 spiro atoms. The lowest BCUT2D eigenvalue weighted by Gasteiger charge is -2.14. The van der Waals surface area contributed by atoms with Crippen molar-refractivity contribution in [3.8, 4) is 102 Å². The van der Waals surface area contributed by atoms with Crippen LogP contribution in [0.2, 0.25) is 0 Å². The second-order valence-electron chi connectivity index (χ2n) is 38.3. The Hall–Kier alpha value is -18.0. The van der Waals surface area contributed by atoms with E-state index in [-0.39, 0.29) is 0 Å². The summed E-state index contributed by atoms with van der Waals surface area (Å²) in [5.74, 6) is 1.96. The summed E-state index contributed by atoms with van der Waals surface area (Å²) in [6.45, 7) is 21.5. The normalized spacial score (nSPS) is 11.7. The summed E-state index contributed by atoms with van der Waals surface area (Å²) in [6.07, 6.45) is 0. The van der Waals surface area contributed by atoms with E-state index in [1.54, 1.807) is 0 Å². The van der Waals surface area contributed by atoms with Gasteiger partial charge in [-0.15, -0.1) is 0 Å². The Balaban J connectivity index is 0.000000112. The molecule has 27 aromatic rings. The Kier molecular flexibility index (Phi) is 20.9. The minimum atomic E-state index is 0.651. The van der Waals surface area contributed by atoms with Gasteiger partial charge in [-0.05, 0) is 221 Å². The van der Waals surface area contributed by atoms with Crippen molar-refractivity contribution in [1.29, 1.82) is 0 Å². The van der Waals surface area contributed by atoms with Crippen LogP contribution in [-0.2, 0) is 0 Å². The molecule has 0 atom stereocenters. The Labute approximate surface area is 822 Å². The van der Waals surface area contributed by atoms with Crippen molar-refractivity contribution in [2.75, 3.05) is 0 Å². The van der Waals surface area contributed by atoms with E-state index in [4.69, 9.17) is 29.9 Å². The average molecular weight is 1830 g/mol. The van der Waals surface area contributed by atoms with Crippen molar-refractivity contribution in [2.45, 2.75) is 69.2 Å². The lowest BCUT2D eigenvalue weighted by Crippen LogP contribution is -2.05. The van der Waals surface area contributed by atoms with Gasteiger partial charge < -0.3 is 13.7 Å². The number of aryl methyl sites for hydroxylation is 10. The van der Waals surface area contributed by atoms with Crippen LogP contribution in [-0.4, -0.2) is 57.3 Å². The Bertz CT molecular complexity index is 9120. The van der Waals surface area contributed by atoms with Gasteiger partial charge in [0.1, 0.15) is 0 Å². The first-order chi connectivity index (χ1) is 69.5. The second kappa shape index (κ2) is 34.6. The molecule has 0 saturated heterocycles. The molecular weight excluding hydrogens is 1730 g/mol. The van der Waals surface area contributed by atoms with Gasteiger partial charge in [-0.1, -0.05) is 316 Å². The molecule has 0 fully saturated rings. The number of hydrogen-bond donors (Lipinski definition) is 0. The zero-order valence-corrected chi connectivity index (χ0v) is 80.6. The molecule has 9 heterocycles. The molecule has 12 nitrogen and oxygen atoms in total. The van der Waals surface area contributed by atoms with E-state index in [1.807, 2.05) is 12.1 Å². The van der Waals surface area contributed by atoms with Crippen LogP contribution in [0, 0.1) is 69.2 Å². The molecule has 678 valence electrons. The smallest absolute Gasteiger partial charge is 0.235 e. The number of aromatic nitrogens is 12. The number of rotatable bonds is 12. The average Bonchev–Trinajstić information content (AvgIpc) is 1.83. The highest BCUT2D eigenvalue weighted by atomic mass is 15.2. The molecule has 0 radical (unpaired) electrons. The minimum Gasteiger partial charge on any atom is -0.307 e. The third-order valence-corrected chi connectivity index (χ3v) is 27.9. The Morgan fingerprint density at radius 1 is 0.134 bits per heavy atom. The van der Waals surface area contributed by atoms with Gasteiger partial charge >= 0.3 is 0 Å². The first-order valence-electron chi connectivity index (χ1n) is 48.7. The topological polar surface area (TPSA) is 107 Å². The van der Waals surface area contributed by atoms with E-state index < -0.39 is 0 Å². The third-order valence-electron chi connectivity index (χ3n) is 27.9. The molecule has 0 aliphatic heterocycles. The lowest BCUT2D eigenvalue weighted by molar-refractivity contribution is 0.994. The van der Waals surface area contributed by atoms with E-state index in [0.717, 1.165) is 134 Å². The van der Waals surface area contributed by atoms with E-state index in [0.29, 0.717) is 17.8 Å².